The van der Waals surface area contributed by atoms with Crippen LogP contribution in [0.5, 0.6) is 0 Å². The SMILES string of the molecule is C[N+](C)(C)CCCI(=O)=O. The molecule has 0 radical (unpaired) electrons. The molecule has 0 aliphatic rings. The lowest BCUT2D eigenvalue weighted by Crippen LogP contribution is -2.35. The van der Waals surface area contributed by atoms with E-state index in [1.165, 1.54) is 0 Å². The third-order valence-electron chi connectivity index (χ3n) is 1.12. The van der Waals surface area contributed by atoms with Gasteiger partial charge in [0, 0.05) is 6.42 Å². The lowest BCUT2D eigenvalue weighted by molar-refractivity contribution is -0.870. The van der Waals surface area contributed by atoms with E-state index in [-0.39, 0.29) is 0 Å². The zero-order chi connectivity index (χ0) is 8.20. The largest absolute Gasteiger partial charge is 0.331 e. The quantitative estimate of drug-likeness (QED) is 0.433. The third-order valence-corrected chi connectivity index (χ3v) is 2.76. The van der Waals surface area contributed by atoms with Crippen LogP contribution in [-0.4, -0.2) is 36.6 Å². The summed E-state index contributed by atoms with van der Waals surface area (Å²) >= 11 is -2.92. The summed E-state index contributed by atoms with van der Waals surface area (Å²) in [6.45, 7) is 0.943. The Morgan fingerprint density at radius 3 is 2.00 bits per heavy atom. The molecule has 0 spiro atoms. The fourth-order valence-electron chi connectivity index (χ4n) is 0.643. The predicted molar refractivity (Wildman–Crippen MR) is 47.8 cm³/mol. The Kier molecular flexibility index (Phi) is 4.35. The molecule has 0 N–H and O–H groups in total. The van der Waals surface area contributed by atoms with Gasteiger partial charge < -0.3 is 4.48 Å². The molecule has 4 heteroatoms. The van der Waals surface area contributed by atoms with E-state index in [9.17, 15) is 6.14 Å². The summed E-state index contributed by atoms with van der Waals surface area (Å²) in [5.74, 6) is 0. The highest BCUT2D eigenvalue weighted by atomic mass is 127. The fraction of sp³-hybridized carbons (Fsp3) is 1.00. The van der Waals surface area contributed by atoms with Crippen LogP contribution in [-0.2, 0) is 6.14 Å². The van der Waals surface area contributed by atoms with Crippen molar-refractivity contribution >= 4 is 19.8 Å². The van der Waals surface area contributed by atoms with Gasteiger partial charge in [-0.1, -0.05) is 0 Å². The summed E-state index contributed by atoms with van der Waals surface area (Å²) in [4.78, 5) is 0. The van der Waals surface area contributed by atoms with Crippen LogP contribution in [0.25, 0.3) is 0 Å². The Labute approximate surface area is 69.1 Å². The van der Waals surface area contributed by atoms with E-state index in [4.69, 9.17) is 0 Å². The van der Waals surface area contributed by atoms with Crippen molar-refractivity contribution in [2.24, 2.45) is 0 Å². The van der Waals surface area contributed by atoms with Gasteiger partial charge in [-0.2, -0.15) is 0 Å². The van der Waals surface area contributed by atoms with Gasteiger partial charge in [-0.25, -0.2) is 6.14 Å². The Bertz CT molecular complexity index is 150. The second-order valence-electron chi connectivity index (χ2n) is 3.34. The molecule has 0 unspecified atom stereocenters. The standard InChI is InChI=1S/C6H15INO2/c1-8(2,3)6-4-5-7(9)10/h4-6H2,1-3H3/q+1. The van der Waals surface area contributed by atoms with E-state index in [2.05, 4.69) is 21.1 Å². The molecule has 0 aromatic heterocycles. The van der Waals surface area contributed by atoms with Crippen LogP contribution in [0.2, 0.25) is 0 Å². The first-order chi connectivity index (χ1) is 4.42. The van der Waals surface area contributed by atoms with Gasteiger partial charge in [-0.15, -0.1) is 0 Å². The Morgan fingerprint density at radius 2 is 1.70 bits per heavy atom. The van der Waals surface area contributed by atoms with Crippen LogP contribution in [0, 0.1) is 0 Å². The molecule has 10 heavy (non-hydrogen) atoms. The van der Waals surface area contributed by atoms with E-state index >= 15 is 0 Å². The van der Waals surface area contributed by atoms with Crippen molar-refractivity contribution in [3.63, 3.8) is 0 Å². The minimum atomic E-state index is -2.92. The summed E-state index contributed by atoms with van der Waals surface area (Å²) < 4.78 is 21.7. The molecule has 0 aliphatic carbocycles. The van der Waals surface area contributed by atoms with Gasteiger partial charge in [0.25, 0.3) is 0 Å². The maximum Gasteiger partial charge on any atom is 0.307 e. The van der Waals surface area contributed by atoms with Crippen LogP contribution < -0.4 is 0 Å². The summed E-state index contributed by atoms with van der Waals surface area (Å²) in [7, 11) is 6.19. The molecule has 0 bridgehead atoms. The van der Waals surface area contributed by atoms with E-state index in [0.717, 1.165) is 17.4 Å². The molecule has 0 atom stereocenters. The summed E-state index contributed by atoms with van der Waals surface area (Å²) in [6.07, 6.45) is 0.807. The molecule has 0 amide bonds. The molecule has 0 saturated carbocycles. The summed E-state index contributed by atoms with van der Waals surface area (Å²) in [5, 5.41) is 0. The second kappa shape index (κ2) is 4.23. The van der Waals surface area contributed by atoms with Crippen molar-refractivity contribution in [2.75, 3.05) is 32.1 Å². The van der Waals surface area contributed by atoms with Crippen LogP contribution in [0.1, 0.15) is 6.42 Å². The Balaban J connectivity index is 3.38. The van der Waals surface area contributed by atoms with Crippen LogP contribution >= 0.6 is 19.8 Å². The topological polar surface area (TPSA) is 34.1 Å². The van der Waals surface area contributed by atoms with Crippen LogP contribution in [0.3, 0.4) is 0 Å². The van der Waals surface area contributed by atoms with Gasteiger partial charge in [0.2, 0.25) is 0 Å². The number of rotatable bonds is 4. The summed E-state index contributed by atoms with van der Waals surface area (Å²) in [5.41, 5.74) is 0. The van der Waals surface area contributed by atoms with E-state index < -0.39 is 19.8 Å². The van der Waals surface area contributed by atoms with Gasteiger partial charge in [0.05, 0.1) is 32.1 Å². The van der Waals surface area contributed by atoms with Crippen molar-refractivity contribution in [1.29, 1.82) is 0 Å². The molecule has 0 fully saturated rings. The van der Waals surface area contributed by atoms with Crippen molar-refractivity contribution in [1.82, 2.24) is 0 Å². The molecule has 62 valence electrons. The van der Waals surface area contributed by atoms with Crippen molar-refractivity contribution in [3.05, 3.63) is 0 Å². The molecule has 0 aromatic rings. The molecule has 0 aromatic carbocycles. The molecular formula is C6H15INO2+. The van der Waals surface area contributed by atoms with Gasteiger partial charge in [0.1, 0.15) is 0 Å². The minimum Gasteiger partial charge on any atom is -0.331 e. The second-order valence-corrected chi connectivity index (χ2v) is 6.02. The molecule has 3 nitrogen and oxygen atoms in total. The monoisotopic (exact) mass is 260 g/mol. The van der Waals surface area contributed by atoms with Crippen LogP contribution in [0.4, 0.5) is 0 Å². The third kappa shape index (κ3) is 8.29. The van der Waals surface area contributed by atoms with Gasteiger partial charge in [-0.05, 0) is 0 Å². The zero-order valence-electron chi connectivity index (χ0n) is 6.76. The van der Waals surface area contributed by atoms with Crippen LogP contribution in [0.15, 0.2) is 0 Å². The first-order valence-electron chi connectivity index (χ1n) is 3.23. The van der Waals surface area contributed by atoms with Crippen molar-refractivity contribution < 1.29 is 10.6 Å². The zero-order valence-corrected chi connectivity index (χ0v) is 8.92. The number of hydrogen-bond acceptors (Lipinski definition) is 2. The van der Waals surface area contributed by atoms with Gasteiger partial charge in [-0.3, -0.25) is 0 Å². The highest BCUT2D eigenvalue weighted by molar-refractivity contribution is 14.2. The Morgan fingerprint density at radius 1 is 1.20 bits per heavy atom. The molecule has 0 heterocycles. The normalized spacial score (nSPS) is 12.4. The predicted octanol–water partition coefficient (Wildman–Crippen LogP) is 1.28. The summed E-state index contributed by atoms with van der Waals surface area (Å²) in [6, 6.07) is 0. The van der Waals surface area contributed by atoms with E-state index in [0.29, 0.717) is 4.43 Å². The Hall–Kier alpha value is 0.290. The number of halogens is 1. The minimum absolute atomic E-state index is 0.416. The highest BCUT2D eigenvalue weighted by Gasteiger charge is 2.06. The van der Waals surface area contributed by atoms with E-state index in [1.54, 1.807) is 0 Å². The number of nitrogens with zero attached hydrogens (tertiary/aromatic N) is 1. The highest BCUT2D eigenvalue weighted by Crippen LogP contribution is 2.06. The number of hydrogen-bond donors (Lipinski definition) is 0. The van der Waals surface area contributed by atoms with Crippen molar-refractivity contribution in [3.8, 4) is 0 Å². The first kappa shape index (κ1) is 10.3. The number of quaternary nitrogens is 1. The lowest BCUT2D eigenvalue weighted by atomic mass is 10.4. The lowest BCUT2D eigenvalue weighted by Gasteiger charge is -2.22. The molecule has 0 rings (SSSR count). The average molecular weight is 260 g/mol. The average Bonchev–Trinajstić information content (AvgIpc) is 1.59. The van der Waals surface area contributed by atoms with Crippen molar-refractivity contribution in [2.45, 2.75) is 6.42 Å². The smallest absolute Gasteiger partial charge is 0.307 e. The number of alkyl halides is 1. The maximum atomic E-state index is 10.2. The maximum absolute atomic E-state index is 10.2. The van der Waals surface area contributed by atoms with Gasteiger partial charge >= 0.3 is 19.8 Å². The molecule has 0 saturated heterocycles. The fourth-order valence-corrected chi connectivity index (χ4v) is 1.61. The molecule has 0 aliphatic heterocycles. The van der Waals surface area contributed by atoms with E-state index in [1.807, 2.05) is 0 Å². The van der Waals surface area contributed by atoms with Gasteiger partial charge in [0.15, 0.2) is 0 Å². The molecular weight excluding hydrogens is 245 g/mol. The first-order valence-corrected chi connectivity index (χ1v) is 6.52.